The lowest BCUT2D eigenvalue weighted by molar-refractivity contribution is -0.113. The van der Waals surface area contributed by atoms with Crippen LogP contribution in [0.5, 0.6) is 5.75 Å². The van der Waals surface area contributed by atoms with Crippen molar-refractivity contribution in [1.82, 2.24) is 15.4 Å². The van der Waals surface area contributed by atoms with Crippen molar-refractivity contribution in [2.24, 2.45) is 0 Å². The minimum absolute atomic E-state index is 0.113. The molecule has 136 valence electrons. The molecule has 1 N–H and O–H groups in total. The van der Waals surface area contributed by atoms with E-state index in [9.17, 15) is 4.79 Å². The van der Waals surface area contributed by atoms with E-state index in [1.54, 1.807) is 13.2 Å². The van der Waals surface area contributed by atoms with Crippen LogP contribution in [0, 0.1) is 0 Å². The Bertz CT molecular complexity index is 873. The van der Waals surface area contributed by atoms with Crippen molar-refractivity contribution in [3.8, 4) is 17.2 Å². The summed E-state index contributed by atoms with van der Waals surface area (Å²) in [5, 5.41) is 14.8. The molecular weight excluding hydrogens is 356 g/mol. The SMILES string of the molecule is COc1ccc(-c2nnc(SCC(=O)Nc3cc(C(C)C)no3)o2)cc1. The molecular formula is C17H18N4O4S. The molecule has 1 aromatic carbocycles. The van der Waals surface area contributed by atoms with Gasteiger partial charge in [-0.15, -0.1) is 10.2 Å². The number of carbonyl (C=O) groups excluding carboxylic acids is 1. The van der Waals surface area contributed by atoms with Crippen LogP contribution in [-0.2, 0) is 4.79 Å². The molecule has 0 aliphatic heterocycles. The fraction of sp³-hybridized carbons (Fsp3) is 0.294. The van der Waals surface area contributed by atoms with E-state index >= 15 is 0 Å². The van der Waals surface area contributed by atoms with Gasteiger partial charge in [-0.3, -0.25) is 10.1 Å². The molecule has 0 spiro atoms. The van der Waals surface area contributed by atoms with Gasteiger partial charge in [0.15, 0.2) is 0 Å². The van der Waals surface area contributed by atoms with Crippen LogP contribution in [0.25, 0.3) is 11.5 Å². The van der Waals surface area contributed by atoms with Crippen LogP contribution in [0.2, 0.25) is 0 Å². The number of amides is 1. The molecule has 3 rings (SSSR count). The van der Waals surface area contributed by atoms with Gasteiger partial charge in [-0.1, -0.05) is 30.8 Å². The number of nitrogens with zero attached hydrogens (tertiary/aromatic N) is 3. The number of rotatable bonds is 7. The molecule has 0 saturated heterocycles. The van der Waals surface area contributed by atoms with Gasteiger partial charge in [0.25, 0.3) is 5.22 Å². The monoisotopic (exact) mass is 374 g/mol. The van der Waals surface area contributed by atoms with Gasteiger partial charge >= 0.3 is 0 Å². The van der Waals surface area contributed by atoms with Crippen molar-refractivity contribution in [3.05, 3.63) is 36.0 Å². The van der Waals surface area contributed by atoms with Crippen LogP contribution in [0.15, 0.2) is 44.5 Å². The van der Waals surface area contributed by atoms with E-state index in [0.29, 0.717) is 17.0 Å². The fourth-order valence-electron chi connectivity index (χ4n) is 2.04. The molecule has 0 saturated carbocycles. The summed E-state index contributed by atoms with van der Waals surface area (Å²) in [6, 6.07) is 8.97. The third kappa shape index (κ3) is 4.42. The number of thioether (sulfide) groups is 1. The van der Waals surface area contributed by atoms with Crippen LogP contribution in [0.3, 0.4) is 0 Å². The zero-order valence-corrected chi connectivity index (χ0v) is 15.4. The zero-order valence-electron chi connectivity index (χ0n) is 14.6. The van der Waals surface area contributed by atoms with E-state index < -0.39 is 0 Å². The summed E-state index contributed by atoms with van der Waals surface area (Å²) in [4.78, 5) is 12.0. The molecule has 9 heteroatoms. The van der Waals surface area contributed by atoms with E-state index in [2.05, 4.69) is 20.7 Å². The molecule has 0 bridgehead atoms. The van der Waals surface area contributed by atoms with Gasteiger partial charge in [0, 0.05) is 11.6 Å². The average molecular weight is 374 g/mol. The summed E-state index contributed by atoms with van der Waals surface area (Å²) in [6.07, 6.45) is 0. The third-order valence-electron chi connectivity index (χ3n) is 3.45. The standard InChI is InChI=1S/C17H18N4O4S/c1-10(2)13-8-15(25-21-13)18-14(22)9-26-17-20-19-16(24-17)11-4-6-12(23-3)7-5-11/h4-8,10H,9H2,1-3H3,(H,18,22). The van der Waals surface area contributed by atoms with Gasteiger partial charge in [0.05, 0.1) is 18.6 Å². The van der Waals surface area contributed by atoms with Gasteiger partial charge < -0.3 is 13.7 Å². The van der Waals surface area contributed by atoms with E-state index in [1.165, 1.54) is 0 Å². The molecule has 26 heavy (non-hydrogen) atoms. The second kappa shape index (κ2) is 8.05. The van der Waals surface area contributed by atoms with Crippen LogP contribution in [0.1, 0.15) is 25.5 Å². The van der Waals surface area contributed by atoms with Crippen LogP contribution >= 0.6 is 11.8 Å². The van der Waals surface area contributed by atoms with Crippen LogP contribution in [-0.4, -0.2) is 34.1 Å². The molecule has 0 aliphatic rings. The Hall–Kier alpha value is -2.81. The fourth-order valence-corrected chi connectivity index (χ4v) is 2.60. The minimum atomic E-state index is -0.245. The molecule has 0 aliphatic carbocycles. The lowest BCUT2D eigenvalue weighted by Gasteiger charge is -1.99. The van der Waals surface area contributed by atoms with Crippen molar-refractivity contribution < 1.29 is 18.5 Å². The normalized spacial score (nSPS) is 10.9. The Labute approximate surface area is 154 Å². The molecule has 2 aromatic heterocycles. The molecule has 0 fully saturated rings. The van der Waals surface area contributed by atoms with Crippen molar-refractivity contribution in [3.63, 3.8) is 0 Å². The summed E-state index contributed by atoms with van der Waals surface area (Å²) in [5.41, 5.74) is 1.56. The smallest absolute Gasteiger partial charge is 0.277 e. The topological polar surface area (TPSA) is 103 Å². The first-order valence-corrected chi connectivity index (χ1v) is 8.91. The summed E-state index contributed by atoms with van der Waals surface area (Å²) < 4.78 is 15.8. The van der Waals surface area contributed by atoms with Crippen molar-refractivity contribution >= 4 is 23.6 Å². The van der Waals surface area contributed by atoms with Crippen molar-refractivity contribution in [2.75, 3.05) is 18.2 Å². The zero-order chi connectivity index (χ0) is 18.5. The second-order valence-corrected chi connectivity index (χ2v) is 6.64. The first-order valence-electron chi connectivity index (χ1n) is 7.92. The highest BCUT2D eigenvalue weighted by molar-refractivity contribution is 7.99. The number of nitrogens with one attached hydrogen (secondary N) is 1. The number of hydrogen-bond acceptors (Lipinski definition) is 8. The Morgan fingerprint density at radius 3 is 2.69 bits per heavy atom. The number of ether oxygens (including phenoxy) is 1. The number of carbonyl (C=O) groups is 1. The molecule has 0 radical (unpaired) electrons. The van der Waals surface area contributed by atoms with Crippen molar-refractivity contribution in [2.45, 2.75) is 25.0 Å². The van der Waals surface area contributed by atoms with Gasteiger partial charge in [-0.05, 0) is 30.2 Å². The predicted molar refractivity (Wildman–Crippen MR) is 96.2 cm³/mol. The second-order valence-electron chi connectivity index (χ2n) is 5.71. The molecule has 0 unspecified atom stereocenters. The quantitative estimate of drug-likeness (QED) is 0.626. The summed E-state index contributed by atoms with van der Waals surface area (Å²) in [6.45, 7) is 3.99. The lowest BCUT2D eigenvalue weighted by atomic mass is 10.1. The van der Waals surface area contributed by atoms with E-state index in [1.807, 2.05) is 38.1 Å². The highest BCUT2D eigenvalue weighted by Crippen LogP contribution is 2.25. The third-order valence-corrected chi connectivity index (χ3v) is 4.27. The first-order chi connectivity index (χ1) is 12.5. The highest BCUT2D eigenvalue weighted by Gasteiger charge is 2.14. The number of hydrogen-bond donors (Lipinski definition) is 1. The maximum absolute atomic E-state index is 12.0. The summed E-state index contributed by atoms with van der Waals surface area (Å²) in [5.74, 6) is 1.55. The predicted octanol–water partition coefficient (Wildman–Crippen LogP) is 3.59. The molecule has 1 amide bonds. The van der Waals surface area contributed by atoms with Gasteiger partial charge in [0.2, 0.25) is 17.7 Å². The van der Waals surface area contributed by atoms with Gasteiger partial charge in [-0.25, -0.2) is 0 Å². The maximum atomic E-state index is 12.0. The van der Waals surface area contributed by atoms with E-state index in [-0.39, 0.29) is 17.6 Å². The van der Waals surface area contributed by atoms with E-state index in [0.717, 1.165) is 28.8 Å². The molecule has 2 heterocycles. The maximum Gasteiger partial charge on any atom is 0.277 e. The Morgan fingerprint density at radius 1 is 1.27 bits per heavy atom. The number of anilines is 1. The summed E-state index contributed by atoms with van der Waals surface area (Å²) >= 11 is 1.14. The number of benzene rings is 1. The molecule has 3 aromatic rings. The molecule has 8 nitrogen and oxygen atoms in total. The highest BCUT2D eigenvalue weighted by atomic mass is 32.2. The summed E-state index contributed by atoms with van der Waals surface area (Å²) in [7, 11) is 1.60. The number of aromatic nitrogens is 3. The largest absolute Gasteiger partial charge is 0.497 e. The van der Waals surface area contributed by atoms with Crippen molar-refractivity contribution in [1.29, 1.82) is 0 Å². The number of methoxy groups -OCH3 is 1. The average Bonchev–Trinajstić information content (AvgIpc) is 3.29. The van der Waals surface area contributed by atoms with Crippen LogP contribution in [0.4, 0.5) is 5.88 Å². The first kappa shape index (κ1) is 18.0. The van der Waals surface area contributed by atoms with E-state index in [4.69, 9.17) is 13.7 Å². The van der Waals surface area contributed by atoms with Gasteiger partial charge in [-0.2, -0.15) is 0 Å². The van der Waals surface area contributed by atoms with Crippen LogP contribution < -0.4 is 10.1 Å². The lowest BCUT2D eigenvalue weighted by Crippen LogP contribution is -2.13. The Kier molecular flexibility index (Phi) is 5.57. The Morgan fingerprint density at radius 2 is 2.04 bits per heavy atom. The van der Waals surface area contributed by atoms with Gasteiger partial charge in [0.1, 0.15) is 5.75 Å². The molecule has 0 atom stereocenters. The Balaban J connectivity index is 1.54. The minimum Gasteiger partial charge on any atom is -0.497 e.